The highest BCUT2D eigenvalue weighted by Crippen LogP contribution is 2.25. The normalized spacial score (nSPS) is 16.7. The molecule has 0 spiro atoms. The Morgan fingerprint density at radius 1 is 1.22 bits per heavy atom. The molecule has 2 aromatic rings. The van der Waals surface area contributed by atoms with Crippen LogP contribution >= 0.6 is 0 Å². The maximum Gasteiger partial charge on any atom is 0.259 e. The lowest BCUT2D eigenvalue weighted by atomic mass is 10.1. The number of hydrogen-bond acceptors (Lipinski definition) is 7. The smallest absolute Gasteiger partial charge is 0.259 e. The second-order valence-electron chi connectivity index (χ2n) is 6.50. The first-order valence-electron chi connectivity index (χ1n) is 9.12. The summed E-state index contributed by atoms with van der Waals surface area (Å²) >= 11 is 0. The Bertz CT molecular complexity index is 783. The molecule has 1 aliphatic heterocycles. The quantitative estimate of drug-likeness (QED) is 0.768. The summed E-state index contributed by atoms with van der Waals surface area (Å²) in [4.78, 5) is 29.4. The Morgan fingerprint density at radius 3 is 2.78 bits per heavy atom. The number of amides is 1. The van der Waals surface area contributed by atoms with E-state index in [1.54, 1.807) is 35.6 Å². The summed E-state index contributed by atoms with van der Waals surface area (Å²) in [5, 5.41) is 0. The number of likely N-dealkylation sites (tertiary alicyclic amines) is 1. The zero-order valence-electron chi connectivity index (χ0n) is 16.0. The van der Waals surface area contributed by atoms with E-state index in [1.165, 1.54) is 0 Å². The van der Waals surface area contributed by atoms with Crippen LogP contribution in [0.5, 0.6) is 11.8 Å². The average Bonchev–Trinajstić information content (AvgIpc) is 2.68. The molecule has 1 atom stereocenters. The van der Waals surface area contributed by atoms with Gasteiger partial charge in [0, 0.05) is 39.2 Å². The number of rotatable bonds is 6. The van der Waals surface area contributed by atoms with Gasteiger partial charge < -0.3 is 19.3 Å². The zero-order valence-corrected chi connectivity index (χ0v) is 16.0. The molecule has 3 rings (SSSR count). The summed E-state index contributed by atoms with van der Waals surface area (Å²) in [5.74, 6) is 1.44. The molecule has 2 aromatic heterocycles. The molecule has 0 N–H and O–H groups in total. The van der Waals surface area contributed by atoms with E-state index < -0.39 is 0 Å². The van der Waals surface area contributed by atoms with E-state index in [9.17, 15) is 4.79 Å². The zero-order chi connectivity index (χ0) is 19.2. The van der Waals surface area contributed by atoms with Gasteiger partial charge in [-0.25, -0.2) is 15.0 Å². The van der Waals surface area contributed by atoms with Crippen LogP contribution in [-0.2, 0) is 0 Å². The molecule has 1 aliphatic rings. The van der Waals surface area contributed by atoms with Gasteiger partial charge in [-0.3, -0.25) is 4.79 Å². The minimum atomic E-state index is -0.134. The second-order valence-corrected chi connectivity index (χ2v) is 6.50. The SMILES string of the molecule is CCOc1ncccc1C(=O)N1CCCC(Oc2nccnc2N(C)C)C1. The minimum Gasteiger partial charge on any atom is -0.477 e. The van der Waals surface area contributed by atoms with Crippen molar-refractivity contribution in [2.24, 2.45) is 0 Å². The topological polar surface area (TPSA) is 80.7 Å². The highest BCUT2D eigenvalue weighted by molar-refractivity contribution is 5.96. The molecule has 0 radical (unpaired) electrons. The second kappa shape index (κ2) is 8.66. The predicted octanol–water partition coefficient (Wildman–Crippen LogP) is 2.02. The van der Waals surface area contributed by atoms with Crippen LogP contribution < -0.4 is 14.4 Å². The van der Waals surface area contributed by atoms with Crippen LogP contribution in [0, 0.1) is 0 Å². The molecule has 0 bridgehead atoms. The molecular weight excluding hydrogens is 346 g/mol. The van der Waals surface area contributed by atoms with Crippen molar-refractivity contribution in [3.8, 4) is 11.8 Å². The lowest BCUT2D eigenvalue weighted by molar-refractivity contribution is 0.0524. The fourth-order valence-electron chi connectivity index (χ4n) is 3.06. The first-order valence-corrected chi connectivity index (χ1v) is 9.12. The number of anilines is 1. The van der Waals surface area contributed by atoms with E-state index in [4.69, 9.17) is 9.47 Å². The molecule has 0 saturated carbocycles. The third-order valence-corrected chi connectivity index (χ3v) is 4.30. The van der Waals surface area contributed by atoms with Gasteiger partial charge in [-0.2, -0.15) is 0 Å². The highest BCUT2D eigenvalue weighted by atomic mass is 16.5. The Hall–Kier alpha value is -2.90. The van der Waals surface area contributed by atoms with Crippen LogP contribution in [0.1, 0.15) is 30.1 Å². The molecule has 8 nitrogen and oxygen atoms in total. The number of carbonyl (C=O) groups is 1. The van der Waals surface area contributed by atoms with Crippen molar-refractivity contribution in [3.63, 3.8) is 0 Å². The maximum absolute atomic E-state index is 13.0. The van der Waals surface area contributed by atoms with Gasteiger partial charge in [0.15, 0.2) is 5.82 Å². The number of carbonyl (C=O) groups excluding carboxylic acids is 1. The average molecular weight is 371 g/mol. The molecule has 0 aromatic carbocycles. The lowest BCUT2D eigenvalue weighted by Crippen LogP contribution is -2.44. The van der Waals surface area contributed by atoms with E-state index in [0.29, 0.717) is 42.8 Å². The number of piperidine rings is 1. The van der Waals surface area contributed by atoms with Crippen LogP contribution in [-0.4, -0.2) is 65.7 Å². The Labute approximate surface area is 159 Å². The van der Waals surface area contributed by atoms with Gasteiger partial charge in [0.2, 0.25) is 5.88 Å². The van der Waals surface area contributed by atoms with Crippen molar-refractivity contribution in [3.05, 3.63) is 36.3 Å². The molecule has 1 saturated heterocycles. The van der Waals surface area contributed by atoms with Crippen LogP contribution in [0.3, 0.4) is 0 Å². The van der Waals surface area contributed by atoms with Gasteiger partial charge in [0.1, 0.15) is 11.7 Å². The first-order chi connectivity index (χ1) is 13.1. The van der Waals surface area contributed by atoms with Crippen molar-refractivity contribution in [2.45, 2.75) is 25.9 Å². The third kappa shape index (κ3) is 4.45. The Balaban J connectivity index is 1.72. The van der Waals surface area contributed by atoms with Crippen LogP contribution in [0.4, 0.5) is 5.82 Å². The molecule has 8 heteroatoms. The van der Waals surface area contributed by atoms with Gasteiger partial charge in [-0.1, -0.05) is 0 Å². The van der Waals surface area contributed by atoms with E-state index in [-0.39, 0.29) is 12.0 Å². The number of pyridine rings is 1. The van der Waals surface area contributed by atoms with E-state index in [1.807, 2.05) is 25.9 Å². The molecule has 144 valence electrons. The summed E-state index contributed by atoms with van der Waals surface area (Å²) in [7, 11) is 3.79. The minimum absolute atomic E-state index is 0.0909. The van der Waals surface area contributed by atoms with Crippen molar-refractivity contribution in [2.75, 3.05) is 38.7 Å². The Morgan fingerprint density at radius 2 is 2.00 bits per heavy atom. The molecular formula is C19H25N5O3. The van der Waals surface area contributed by atoms with E-state index in [2.05, 4.69) is 15.0 Å². The van der Waals surface area contributed by atoms with Crippen molar-refractivity contribution < 1.29 is 14.3 Å². The van der Waals surface area contributed by atoms with Gasteiger partial charge in [-0.05, 0) is 31.9 Å². The fourth-order valence-corrected chi connectivity index (χ4v) is 3.06. The Kier molecular flexibility index (Phi) is 6.05. The fraction of sp³-hybridized carbons (Fsp3) is 0.474. The van der Waals surface area contributed by atoms with E-state index in [0.717, 1.165) is 12.8 Å². The van der Waals surface area contributed by atoms with Crippen LogP contribution in [0.25, 0.3) is 0 Å². The third-order valence-electron chi connectivity index (χ3n) is 4.30. The molecule has 1 fully saturated rings. The maximum atomic E-state index is 13.0. The molecule has 27 heavy (non-hydrogen) atoms. The highest BCUT2D eigenvalue weighted by Gasteiger charge is 2.28. The van der Waals surface area contributed by atoms with Crippen molar-refractivity contribution in [1.29, 1.82) is 0 Å². The molecule has 0 aliphatic carbocycles. The predicted molar refractivity (Wildman–Crippen MR) is 101 cm³/mol. The lowest BCUT2D eigenvalue weighted by Gasteiger charge is -2.33. The molecule has 1 amide bonds. The van der Waals surface area contributed by atoms with Crippen LogP contribution in [0.15, 0.2) is 30.7 Å². The largest absolute Gasteiger partial charge is 0.477 e. The number of aromatic nitrogens is 3. The van der Waals surface area contributed by atoms with Crippen LogP contribution in [0.2, 0.25) is 0 Å². The van der Waals surface area contributed by atoms with E-state index >= 15 is 0 Å². The summed E-state index contributed by atoms with van der Waals surface area (Å²) in [5.41, 5.74) is 0.480. The molecule has 1 unspecified atom stereocenters. The van der Waals surface area contributed by atoms with Gasteiger partial charge >= 0.3 is 0 Å². The van der Waals surface area contributed by atoms with Gasteiger partial charge in [0.05, 0.1) is 13.2 Å². The number of hydrogen-bond donors (Lipinski definition) is 0. The molecule has 3 heterocycles. The summed E-state index contributed by atoms with van der Waals surface area (Å²) in [6, 6.07) is 3.49. The van der Waals surface area contributed by atoms with Crippen molar-refractivity contribution >= 4 is 11.7 Å². The summed E-state index contributed by atoms with van der Waals surface area (Å²) < 4.78 is 11.6. The van der Waals surface area contributed by atoms with Gasteiger partial charge in [-0.15, -0.1) is 0 Å². The number of ether oxygens (including phenoxy) is 2. The first kappa shape index (κ1) is 18.9. The summed E-state index contributed by atoms with van der Waals surface area (Å²) in [6.45, 7) is 3.50. The van der Waals surface area contributed by atoms with Crippen molar-refractivity contribution in [1.82, 2.24) is 19.9 Å². The van der Waals surface area contributed by atoms with Gasteiger partial charge in [0.25, 0.3) is 11.8 Å². The number of nitrogens with zero attached hydrogens (tertiary/aromatic N) is 5. The standard InChI is InChI=1S/C19H25N5O3/c1-4-26-17-15(8-5-9-21-17)19(25)24-12-6-7-14(13-24)27-18-16(23(2)3)20-10-11-22-18/h5,8-11,14H,4,6-7,12-13H2,1-3H3. The monoisotopic (exact) mass is 371 g/mol. The summed E-state index contributed by atoms with van der Waals surface area (Å²) in [6.07, 6.45) is 6.46.